The highest BCUT2D eigenvalue weighted by Crippen LogP contribution is 2.28. The predicted molar refractivity (Wildman–Crippen MR) is 103 cm³/mol. The van der Waals surface area contributed by atoms with E-state index in [4.69, 9.17) is 0 Å². The molecule has 2 aromatic carbocycles. The van der Waals surface area contributed by atoms with Gasteiger partial charge in [0.15, 0.2) is 0 Å². The van der Waals surface area contributed by atoms with E-state index >= 15 is 0 Å². The van der Waals surface area contributed by atoms with E-state index in [1.54, 1.807) is 18.2 Å². The zero-order valence-corrected chi connectivity index (χ0v) is 16.3. The Morgan fingerprint density at radius 3 is 2.30 bits per heavy atom. The maximum absolute atomic E-state index is 13.0. The van der Waals surface area contributed by atoms with Crippen LogP contribution in [-0.4, -0.2) is 30.6 Å². The fraction of sp³-hybridized carbons (Fsp3) is 0.300. The molecule has 6 nitrogen and oxygen atoms in total. The van der Waals surface area contributed by atoms with Crippen LogP contribution < -0.4 is 5.32 Å². The summed E-state index contributed by atoms with van der Waals surface area (Å²) in [5.74, 6) is -1.06. The van der Waals surface area contributed by atoms with Crippen molar-refractivity contribution in [2.24, 2.45) is 0 Å². The van der Waals surface area contributed by atoms with Crippen LogP contribution in [0.15, 0.2) is 47.4 Å². The first kappa shape index (κ1) is 19.1. The second-order valence-corrected chi connectivity index (χ2v) is 8.68. The molecule has 1 saturated heterocycles. The third-order valence-electron chi connectivity index (χ3n) is 4.68. The number of benzene rings is 2. The summed E-state index contributed by atoms with van der Waals surface area (Å²) in [6.45, 7) is 5.66. The quantitative estimate of drug-likeness (QED) is 0.876. The molecule has 1 atom stereocenters. The minimum Gasteiger partial charge on any atom is -0.324 e. The fourth-order valence-electron chi connectivity index (χ4n) is 3.19. The molecule has 1 fully saturated rings. The molecule has 2 amide bonds. The maximum atomic E-state index is 13.0. The molecule has 142 valence electrons. The number of sulfonamides is 1. The molecule has 0 aliphatic carbocycles. The highest BCUT2D eigenvalue weighted by atomic mass is 32.2. The van der Waals surface area contributed by atoms with Crippen LogP contribution in [0.2, 0.25) is 0 Å². The Hall–Kier alpha value is -2.67. The number of nitrogens with zero attached hydrogens (tertiary/aromatic N) is 1. The number of aryl methyl sites for hydroxylation is 3. The Labute approximate surface area is 159 Å². The van der Waals surface area contributed by atoms with Crippen molar-refractivity contribution in [3.05, 3.63) is 59.2 Å². The van der Waals surface area contributed by atoms with E-state index < -0.39 is 27.9 Å². The lowest BCUT2D eigenvalue weighted by molar-refractivity contribution is -0.128. The maximum Gasteiger partial charge on any atom is 0.267 e. The average Bonchev–Trinajstić information content (AvgIpc) is 3.00. The van der Waals surface area contributed by atoms with Crippen LogP contribution in [0.25, 0.3) is 0 Å². The van der Waals surface area contributed by atoms with Gasteiger partial charge in [0.2, 0.25) is 11.8 Å². The standard InChI is InChI=1S/C20H22N2O4S/c1-13-4-7-16(8-5-13)27(25,26)22-18(10-11-19(22)23)20(24)21-17-9-6-14(2)12-15(17)3/h4-9,12,18H,10-11H2,1-3H3,(H,21,24). The SMILES string of the molecule is Cc1ccc(S(=O)(=O)N2C(=O)CCC2C(=O)Nc2ccc(C)cc2C)cc1. The number of nitrogens with one attached hydrogen (secondary N) is 1. The number of amides is 2. The summed E-state index contributed by atoms with van der Waals surface area (Å²) in [4.78, 5) is 25.1. The van der Waals surface area contributed by atoms with Crippen LogP contribution in [0.4, 0.5) is 5.69 Å². The molecular formula is C20H22N2O4S. The largest absolute Gasteiger partial charge is 0.324 e. The Morgan fingerprint density at radius 1 is 1.04 bits per heavy atom. The Kier molecular flexibility index (Phi) is 5.06. The molecule has 1 heterocycles. The van der Waals surface area contributed by atoms with Crippen molar-refractivity contribution in [3.63, 3.8) is 0 Å². The normalized spacial score (nSPS) is 17.2. The number of hydrogen-bond acceptors (Lipinski definition) is 4. The first-order chi connectivity index (χ1) is 12.7. The first-order valence-corrected chi connectivity index (χ1v) is 10.2. The van der Waals surface area contributed by atoms with Crippen molar-refractivity contribution < 1.29 is 18.0 Å². The van der Waals surface area contributed by atoms with Gasteiger partial charge < -0.3 is 5.32 Å². The van der Waals surface area contributed by atoms with Gasteiger partial charge in [0.05, 0.1) is 4.90 Å². The number of anilines is 1. The first-order valence-electron chi connectivity index (χ1n) is 8.72. The van der Waals surface area contributed by atoms with Gasteiger partial charge in [0.1, 0.15) is 6.04 Å². The topological polar surface area (TPSA) is 83.6 Å². The van der Waals surface area contributed by atoms with Crippen molar-refractivity contribution in [2.75, 3.05) is 5.32 Å². The van der Waals surface area contributed by atoms with Crippen LogP contribution in [0.5, 0.6) is 0 Å². The molecule has 0 bridgehead atoms. The summed E-state index contributed by atoms with van der Waals surface area (Å²) in [6.07, 6.45) is 0.191. The zero-order valence-electron chi connectivity index (χ0n) is 15.5. The van der Waals surface area contributed by atoms with Crippen LogP contribution in [0.3, 0.4) is 0 Å². The molecule has 3 rings (SSSR count). The van der Waals surface area contributed by atoms with E-state index in [1.165, 1.54) is 12.1 Å². The van der Waals surface area contributed by atoms with Crippen LogP contribution in [-0.2, 0) is 19.6 Å². The Balaban J connectivity index is 1.89. The minimum absolute atomic E-state index is 0.00710. The lowest BCUT2D eigenvalue weighted by Crippen LogP contribution is -2.45. The van der Waals surface area contributed by atoms with Crippen molar-refractivity contribution in [1.29, 1.82) is 0 Å². The zero-order chi connectivity index (χ0) is 19.8. The van der Waals surface area contributed by atoms with Crippen molar-refractivity contribution >= 4 is 27.5 Å². The lowest BCUT2D eigenvalue weighted by Gasteiger charge is -2.24. The molecule has 0 radical (unpaired) electrons. The van der Waals surface area contributed by atoms with E-state index in [0.29, 0.717) is 5.69 Å². The highest BCUT2D eigenvalue weighted by molar-refractivity contribution is 7.89. The molecule has 1 N–H and O–H groups in total. The van der Waals surface area contributed by atoms with Crippen molar-refractivity contribution in [2.45, 2.75) is 44.6 Å². The third kappa shape index (κ3) is 3.73. The molecule has 0 aromatic heterocycles. The van der Waals surface area contributed by atoms with Gasteiger partial charge in [0, 0.05) is 12.1 Å². The van der Waals surface area contributed by atoms with Crippen LogP contribution in [0.1, 0.15) is 29.5 Å². The lowest BCUT2D eigenvalue weighted by atomic mass is 10.1. The number of carbonyl (C=O) groups excluding carboxylic acids is 2. The van der Waals surface area contributed by atoms with Gasteiger partial charge in [-0.3, -0.25) is 9.59 Å². The molecule has 1 aliphatic heterocycles. The summed E-state index contributed by atoms with van der Waals surface area (Å²) in [5, 5.41) is 2.77. The summed E-state index contributed by atoms with van der Waals surface area (Å²) in [7, 11) is -4.09. The fourth-order valence-corrected chi connectivity index (χ4v) is 4.80. The van der Waals surface area contributed by atoms with Crippen molar-refractivity contribution in [1.82, 2.24) is 4.31 Å². The van der Waals surface area contributed by atoms with Crippen LogP contribution in [0, 0.1) is 20.8 Å². The van der Waals surface area contributed by atoms with E-state index in [0.717, 1.165) is 21.0 Å². The highest BCUT2D eigenvalue weighted by Gasteiger charge is 2.44. The molecular weight excluding hydrogens is 364 g/mol. The van der Waals surface area contributed by atoms with Gasteiger partial charge in [-0.2, -0.15) is 0 Å². The number of hydrogen-bond donors (Lipinski definition) is 1. The molecule has 1 unspecified atom stereocenters. The van der Waals surface area contributed by atoms with Crippen LogP contribution >= 0.6 is 0 Å². The minimum atomic E-state index is -4.09. The summed E-state index contributed by atoms with van der Waals surface area (Å²) < 4.78 is 26.7. The van der Waals surface area contributed by atoms with E-state index in [1.807, 2.05) is 32.9 Å². The Bertz CT molecular complexity index is 997. The number of carbonyl (C=O) groups is 2. The van der Waals surface area contributed by atoms with Gasteiger partial charge in [-0.1, -0.05) is 35.4 Å². The van der Waals surface area contributed by atoms with Gasteiger partial charge >= 0.3 is 0 Å². The number of rotatable bonds is 4. The summed E-state index contributed by atoms with van der Waals surface area (Å²) >= 11 is 0. The molecule has 2 aromatic rings. The molecule has 27 heavy (non-hydrogen) atoms. The predicted octanol–water partition coefficient (Wildman–Crippen LogP) is 2.93. The Morgan fingerprint density at radius 2 is 1.67 bits per heavy atom. The summed E-state index contributed by atoms with van der Waals surface area (Å²) in [5.41, 5.74) is 3.45. The van der Waals surface area contributed by atoms with Gasteiger partial charge in [-0.15, -0.1) is 0 Å². The smallest absolute Gasteiger partial charge is 0.267 e. The van der Waals surface area contributed by atoms with E-state index in [-0.39, 0.29) is 17.7 Å². The molecule has 0 spiro atoms. The molecule has 7 heteroatoms. The van der Waals surface area contributed by atoms with E-state index in [9.17, 15) is 18.0 Å². The second kappa shape index (κ2) is 7.15. The second-order valence-electron chi connectivity index (χ2n) is 6.87. The van der Waals surface area contributed by atoms with Gasteiger partial charge in [0.25, 0.3) is 10.0 Å². The average molecular weight is 386 g/mol. The van der Waals surface area contributed by atoms with Crippen molar-refractivity contribution in [3.8, 4) is 0 Å². The monoisotopic (exact) mass is 386 g/mol. The third-order valence-corrected chi connectivity index (χ3v) is 6.52. The van der Waals surface area contributed by atoms with Gasteiger partial charge in [-0.25, -0.2) is 12.7 Å². The molecule has 1 aliphatic rings. The van der Waals surface area contributed by atoms with Gasteiger partial charge in [-0.05, 0) is 51.0 Å². The molecule has 0 saturated carbocycles. The van der Waals surface area contributed by atoms with E-state index in [2.05, 4.69) is 5.32 Å². The summed E-state index contributed by atoms with van der Waals surface area (Å²) in [6, 6.07) is 10.8.